The number of halogens is 2. The van der Waals surface area contributed by atoms with Gasteiger partial charge in [-0.25, -0.2) is 9.37 Å². The van der Waals surface area contributed by atoms with E-state index in [2.05, 4.69) is 10.1 Å². The standard InChI is InChI=1S/C15H12ClFN4O2/c1-20-14-11(6-19-20)15(23)21(8-18-14)7-9(22)5-10-12(16)3-2-4-13(10)17/h2-4,6,8H,5,7H2,1H3. The third kappa shape index (κ3) is 2.87. The fourth-order valence-electron chi connectivity index (χ4n) is 2.32. The molecule has 3 aromatic rings. The van der Waals surface area contributed by atoms with E-state index in [-0.39, 0.29) is 34.9 Å². The lowest BCUT2D eigenvalue weighted by Crippen LogP contribution is -2.25. The number of fused-ring (bicyclic) bond motifs is 1. The second-order valence-corrected chi connectivity index (χ2v) is 5.51. The molecule has 6 nitrogen and oxygen atoms in total. The maximum Gasteiger partial charge on any atom is 0.264 e. The predicted octanol–water partition coefficient (Wildman–Crippen LogP) is 1.73. The highest BCUT2D eigenvalue weighted by Crippen LogP contribution is 2.19. The Morgan fingerprint density at radius 3 is 2.91 bits per heavy atom. The normalized spacial score (nSPS) is 11.1. The molecule has 118 valence electrons. The first-order chi connectivity index (χ1) is 11.0. The van der Waals surface area contributed by atoms with E-state index in [1.807, 2.05) is 0 Å². The molecule has 0 aliphatic rings. The van der Waals surface area contributed by atoms with E-state index in [9.17, 15) is 14.0 Å². The summed E-state index contributed by atoms with van der Waals surface area (Å²) in [6, 6.07) is 4.23. The number of carbonyl (C=O) groups excluding carboxylic acids is 1. The monoisotopic (exact) mass is 334 g/mol. The molecule has 0 atom stereocenters. The first kappa shape index (κ1) is 15.4. The highest BCUT2D eigenvalue weighted by Gasteiger charge is 2.14. The molecule has 0 N–H and O–H groups in total. The zero-order valence-electron chi connectivity index (χ0n) is 12.2. The molecule has 1 aromatic carbocycles. The molecule has 2 aromatic heterocycles. The summed E-state index contributed by atoms with van der Waals surface area (Å²) < 4.78 is 16.4. The van der Waals surface area contributed by atoms with E-state index in [0.717, 1.165) is 0 Å². The van der Waals surface area contributed by atoms with E-state index < -0.39 is 5.82 Å². The Kier molecular flexibility index (Phi) is 3.96. The van der Waals surface area contributed by atoms with Gasteiger partial charge in [0.2, 0.25) is 0 Å². The molecule has 0 amide bonds. The summed E-state index contributed by atoms with van der Waals surface area (Å²) >= 11 is 5.90. The van der Waals surface area contributed by atoms with Crippen LogP contribution in [0.25, 0.3) is 11.0 Å². The second-order valence-electron chi connectivity index (χ2n) is 5.10. The minimum Gasteiger partial charge on any atom is -0.297 e. The van der Waals surface area contributed by atoms with Crippen molar-refractivity contribution in [2.75, 3.05) is 0 Å². The van der Waals surface area contributed by atoms with Crippen LogP contribution >= 0.6 is 11.6 Å². The minimum absolute atomic E-state index is 0.127. The summed E-state index contributed by atoms with van der Waals surface area (Å²) in [6.45, 7) is -0.207. The summed E-state index contributed by atoms with van der Waals surface area (Å²) in [5, 5.41) is 4.47. The molecule has 0 fully saturated rings. The van der Waals surface area contributed by atoms with Gasteiger partial charge in [-0.05, 0) is 12.1 Å². The quantitative estimate of drug-likeness (QED) is 0.728. The molecule has 2 heterocycles. The van der Waals surface area contributed by atoms with Crippen molar-refractivity contribution in [3.8, 4) is 0 Å². The van der Waals surface area contributed by atoms with Gasteiger partial charge >= 0.3 is 0 Å². The number of ketones is 1. The van der Waals surface area contributed by atoms with Crippen molar-refractivity contribution >= 4 is 28.4 Å². The molecule has 0 saturated carbocycles. The Morgan fingerprint density at radius 1 is 1.39 bits per heavy atom. The number of nitrogens with zero attached hydrogens (tertiary/aromatic N) is 4. The summed E-state index contributed by atoms with van der Waals surface area (Å²) in [5.41, 5.74) is 0.203. The van der Waals surface area contributed by atoms with Gasteiger partial charge in [-0.1, -0.05) is 17.7 Å². The zero-order chi connectivity index (χ0) is 16.6. The van der Waals surface area contributed by atoms with Crippen molar-refractivity contribution in [2.24, 2.45) is 7.05 Å². The molecule has 0 radical (unpaired) electrons. The molecular formula is C15H12ClFN4O2. The van der Waals surface area contributed by atoms with Gasteiger partial charge in [0.25, 0.3) is 5.56 Å². The topological polar surface area (TPSA) is 69.8 Å². The van der Waals surface area contributed by atoms with Crippen molar-refractivity contribution in [1.82, 2.24) is 19.3 Å². The average Bonchev–Trinajstić information content (AvgIpc) is 2.88. The SMILES string of the molecule is Cn1ncc2c(=O)n(CC(=O)Cc3c(F)cccc3Cl)cnc21. The lowest BCUT2D eigenvalue weighted by molar-refractivity contribution is -0.119. The number of benzene rings is 1. The van der Waals surface area contributed by atoms with Gasteiger partial charge in [0.15, 0.2) is 11.4 Å². The van der Waals surface area contributed by atoms with Crippen molar-refractivity contribution in [1.29, 1.82) is 0 Å². The van der Waals surface area contributed by atoms with Crippen LogP contribution in [0.5, 0.6) is 0 Å². The minimum atomic E-state index is -0.543. The first-order valence-electron chi connectivity index (χ1n) is 6.79. The molecular weight excluding hydrogens is 323 g/mol. The van der Waals surface area contributed by atoms with E-state index in [1.54, 1.807) is 7.05 Å². The summed E-state index contributed by atoms with van der Waals surface area (Å²) in [6.07, 6.45) is 2.50. The number of hydrogen-bond donors (Lipinski definition) is 0. The highest BCUT2D eigenvalue weighted by atomic mass is 35.5. The molecule has 23 heavy (non-hydrogen) atoms. The smallest absolute Gasteiger partial charge is 0.264 e. The molecule has 0 aliphatic carbocycles. The third-order valence-electron chi connectivity index (χ3n) is 3.50. The summed E-state index contributed by atoms with van der Waals surface area (Å²) in [4.78, 5) is 28.5. The predicted molar refractivity (Wildman–Crippen MR) is 82.9 cm³/mol. The molecule has 0 bridgehead atoms. The van der Waals surface area contributed by atoms with Crippen LogP contribution in [-0.2, 0) is 24.8 Å². The van der Waals surface area contributed by atoms with E-state index >= 15 is 0 Å². The number of hydrogen-bond acceptors (Lipinski definition) is 4. The highest BCUT2D eigenvalue weighted by molar-refractivity contribution is 6.31. The third-order valence-corrected chi connectivity index (χ3v) is 3.85. The van der Waals surface area contributed by atoms with Gasteiger partial charge in [-0.3, -0.25) is 18.8 Å². The fourth-order valence-corrected chi connectivity index (χ4v) is 2.55. The van der Waals surface area contributed by atoms with Gasteiger partial charge in [0, 0.05) is 24.1 Å². The Labute approximate surface area is 135 Å². The fraction of sp³-hybridized carbons (Fsp3) is 0.200. The lowest BCUT2D eigenvalue weighted by Gasteiger charge is -2.07. The van der Waals surface area contributed by atoms with E-state index in [4.69, 9.17) is 11.6 Å². The van der Waals surface area contributed by atoms with Crippen LogP contribution in [0.4, 0.5) is 4.39 Å². The van der Waals surface area contributed by atoms with Crippen molar-refractivity contribution in [3.05, 3.63) is 57.5 Å². The second kappa shape index (κ2) is 5.92. The van der Waals surface area contributed by atoms with Gasteiger partial charge in [0.1, 0.15) is 17.5 Å². The molecule has 3 rings (SSSR count). The van der Waals surface area contributed by atoms with Crippen LogP contribution < -0.4 is 5.56 Å². The van der Waals surface area contributed by atoms with Gasteiger partial charge < -0.3 is 0 Å². The van der Waals surface area contributed by atoms with E-state index in [0.29, 0.717) is 11.0 Å². The number of Topliss-reactive ketones (excluding diaryl/α,β-unsaturated/α-hetero) is 1. The lowest BCUT2D eigenvalue weighted by atomic mass is 10.1. The Morgan fingerprint density at radius 2 is 2.17 bits per heavy atom. The summed E-state index contributed by atoms with van der Waals surface area (Å²) in [5.74, 6) is -0.886. The van der Waals surface area contributed by atoms with Crippen LogP contribution in [-0.4, -0.2) is 25.1 Å². The molecule has 0 spiro atoms. The molecule has 0 saturated heterocycles. The number of rotatable bonds is 4. The van der Waals surface area contributed by atoms with Crippen LogP contribution in [0.1, 0.15) is 5.56 Å². The van der Waals surface area contributed by atoms with Gasteiger partial charge in [0.05, 0.1) is 12.7 Å². The van der Waals surface area contributed by atoms with Crippen LogP contribution in [0.15, 0.2) is 35.5 Å². The van der Waals surface area contributed by atoms with Crippen molar-refractivity contribution in [3.63, 3.8) is 0 Å². The maximum absolute atomic E-state index is 13.7. The molecule has 0 unspecified atom stereocenters. The zero-order valence-corrected chi connectivity index (χ0v) is 12.9. The van der Waals surface area contributed by atoms with Gasteiger partial charge in [-0.15, -0.1) is 0 Å². The Balaban J connectivity index is 1.86. The van der Waals surface area contributed by atoms with Crippen molar-refractivity contribution in [2.45, 2.75) is 13.0 Å². The largest absolute Gasteiger partial charge is 0.297 e. The number of aromatic nitrogens is 4. The first-order valence-corrected chi connectivity index (χ1v) is 7.17. The van der Waals surface area contributed by atoms with Crippen LogP contribution in [0, 0.1) is 5.82 Å². The molecule has 8 heteroatoms. The van der Waals surface area contributed by atoms with Gasteiger partial charge in [-0.2, -0.15) is 5.10 Å². The number of aryl methyl sites for hydroxylation is 1. The maximum atomic E-state index is 13.7. The van der Waals surface area contributed by atoms with Crippen molar-refractivity contribution < 1.29 is 9.18 Å². The average molecular weight is 335 g/mol. The van der Waals surface area contributed by atoms with Crippen LogP contribution in [0.3, 0.4) is 0 Å². The van der Waals surface area contributed by atoms with Crippen LogP contribution in [0.2, 0.25) is 5.02 Å². The van der Waals surface area contributed by atoms with E-state index in [1.165, 1.54) is 40.0 Å². The Bertz CT molecular complexity index is 944. The summed E-state index contributed by atoms with van der Waals surface area (Å²) in [7, 11) is 1.67. The Hall–Kier alpha value is -2.54. The number of carbonyl (C=O) groups is 1. The molecule has 0 aliphatic heterocycles.